The minimum absolute atomic E-state index is 0.551. The van der Waals surface area contributed by atoms with Crippen molar-refractivity contribution in [2.45, 2.75) is 12.3 Å². The average Bonchev–Trinajstić information content (AvgIpc) is 2.87. The van der Waals surface area contributed by atoms with Crippen molar-refractivity contribution in [3.8, 4) is 0 Å². The van der Waals surface area contributed by atoms with Crippen molar-refractivity contribution in [2.24, 2.45) is 5.73 Å². The molecule has 0 aliphatic carbocycles. The Morgan fingerprint density at radius 2 is 1.81 bits per heavy atom. The van der Waals surface area contributed by atoms with E-state index in [2.05, 4.69) is 60.0 Å². The number of nitrogens with two attached hydrogens (primary N) is 1. The van der Waals surface area contributed by atoms with Crippen molar-refractivity contribution in [3.05, 3.63) is 72.3 Å². The molecule has 0 bridgehead atoms. The Bertz CT molecular complexity index is 618. The number of fused-ring (bicyclic) bond motifs is 1. The molecule has 1 heterocycles. The molecule has 2 N–H and O–H groups in total. The maximum absolute atomic E-state index is 5.77. The smallest absolute Gasteiger partial charge is 0.0429 e. The topological polar surface area (TPSA) is 29.3 Å². The van der Waals surface area contributed by atoms with E-state index in [0.717, 1.165) is 26.1 Å². The second-order valence-electron chi connectivity index (χ2n) is 5.68. The number of rotatable bonds is 5. The Morgan fingerprint density at radius 3 is 2.57 bits per heavy atom. The zero-order valence-corrected chi connectivity index (χ0v) is 12.3. The molecule has 21 heavy (non-hydrogen) atoms. The van der Waals surface area contributed by atoms with Crippen molar-refractivity contribution in [2.75, 3.05) is 24.5 Å². The second-order valence-corrected chi connectivity index (χ2v) is 5.68. The molecule has 0 aromatic heterocycles. The summed E-state index contributed by atoms with van der Waals surface area (Å²) in [5.74, 6) is 0.551. The highest BCUT2D eigenvalue weighted by Gasteiger charge is 2.27. The summed E-state index contributed by atoms with van der Waals surface area (Å²) in [4.78, 5) is 2.44. The zero-order chi connectivity index (χ0) is 14.7. The van der Waals surface area contributed by atoms with Gasteiger partial charge in [-0.3, -0.25) is 0 Å². The quantitative estimate of drug-likeness (QED) is 0.904. The number of hydrogen-bond acceptors (Lipinski definition) is 2. The van der Waals surface area contributed by atoms with Crippen LogP contribution in [0.4, 0.5) is 5.69 Å². The van der Waals surface area contributed by atoms with Gasteiger partial charge in [-0.15, -0.1) is 0 Å². The van der Waals surface area contributed by atoms with Gasteiger partial charge < -0.3 is 10.6 Å². The molecule has 108 valence electrons. The van der Waals surface area contributed by atoms with Crippen LogP contribution in [0.3, 0.4) is 0 Å². The van der Waals surface area contributed by atoms with Crippen molar-refractivity contribution in [3.63, 3.8) is 0 Å². The fraction of sp³-hybridized carbons (Fsp3) is 0.263. The van der Waals surface area contributed by atoms with Crippen molar-refractivity contribution in [1.29, 1.82) is 0 Å². The highest BCUT2D eigenvalue weighted by atomic mass is 15.2. The largest absolute Gasteiger partial charge is 0.366 e. The SMILES string of the molecule is C=C(CN1CC(CCN)c2ccccc21)c1ccccc1. The molecule has 0 amide bonds. The molecular formula is C19H22N2. The van der Waals surface area contributed by atoms with Gasteiger partial charge in [-0.25, -0.2) is 0 Å². The monoisotopic (exact) mass is 278 g/mol. The normalized spacial score (nSPS) is 16.8. The van der Waals surface area contributed by atoms with Gasteiger partial charge in [0.1, 0.15) is 0 Å². The minimum Gasteiger partial charge on any atom is -0.366 e. The zero-order valence-electron chi connectivity index (χ0n) is 12.3. The third-order valence-corrected chi connectivity index (χ3v) is 4.24. The van der Waals surface area contributed by atoms with Crippen molar-refractivity contribution >= 4 is 11.3 Å². The summed E-state index contributed by atoms with van der Waals surface area (Å²) in [6.45, 7) is 6.93. The molecule has 0 radical (unpaired) electrons. The second kappa shape index (κ2) is 6.15. The van der Waals surface area contributed by atoms with Gasteiger partial charge in [0, 0.05) is 24.7 Å². The van der Waals surface area contributed by atoms with E-state index in [9.17, 15) is 0 Å². The van der Waals surface area contributed by atoms with Gasteiger partial charge in [0.05, 0.1) is 0 Å². The van der Waals surface area contributed by atoms with Crippen molar-refractivity contribution < 1.29 is 0 Å². The number of hydrogen-bond donors (Lipinski definition) is 1. The Hall–Kier alpha value is -2.06. The molecular weight excluding hydrogens is 256 g/mol. The average molecular weight is 278 g/mol. The maximum Gasteiger partial charge on any atom is 0.0429 e. The molecule has 0 spiro atoms. The molecule has 1 atom stereocenters. The van der Waals surface area contributed by atoms with E-state index in [0.29, 0.717) is 5.92 Å². The van der Waals surface area contributed by atoms with Gasteiger partial charge in [-0.1, -0.05) is 55.1 Å². The van der Waals surface area contributed by atoms with Crippen LogP contribution in [-0.2, 0) is 0 Å². The molecule has 2 heteroatoms. The van der Waals surface area contributed by atoms with Gasteiger partial charge in [-0.05, 0) is 35.7 Å². The van der Waals surface area contributed by atoms with Crippen LogP contribution < -0.4 is 10.6 Å². The molecule has 0 fully saturated rings. The first-order valence-corrected chi connectivity index (χ1v) is 7.56. The van der Waals surface area contributed by atoms with Gasteiger partial charge in [0.15, 0.2) is 0 Å². The first-order valence-electron chi connectivity index (χ1n) is 7.56. The van der Waals surface area contributed by atoms with E-state index in [4.69, 9.17) is 5.73 Å². The van der Waals surface area contributed by atoms with Crippen LogP contribution in [0.2, 0.25) is 0 Å². The maximum atomic E-state index is 5.77. The van der Waals surface area contributed by atoms with Crippen LogP contribution >= 0.6 is 0 Å². The van der Waals surface area contributed by atoms with Crippen molar-refractivity contribution in [1.82, 2.24) is 0 Å². The third kappa shape index (κ3) is 2.86. The lowest BCUT2D eigenvalue weighted by atomic mass is 9.98. The molecule has 3 rings (SSSR count). The van der Waals surface area contributed by atoms with Crippen LogP contribution in [0.5, 0.6) is 0 Å². The van der Waals surface area contributed by atoms with E-state index in [1.165, 1.54) is 22.4 Å². The molecule has 1 aliphatic rings. The number of nitrogens with zero attached hydrogens (tertiary/aromatic N) is 1. The summed E-state index contributed by atoms with van der Waals surface area (Å²) >= 11 is 0. The first kappa shape index (κ1) is 13.9. The summed E-state index contributed by atoms with van der Waals surface area (Å²) in [6, 6.07) is 19.1. The van der Waals surface area contributed by atoms with Gasteiger partial charge >= 0.3 is 0 Å². The minimum atomic E-state index is 0.551. The van der Waals surface area contributed by atoms with E-state index in [1.54, 1.807) is 0 Å². The molecule has 2 aromatic carbocycles. The summed E-state index contributed by atoms with van der Waals surface area (Å²) in [5, 5.41) is 0. The third-order valence-electron chi connectivity index (χ3n) is 4.24. The Morgan fingerprint density at radius 1 is 1.10 bits per heavy atom. The number of benzene rings is 2. The van der Waals surface area contributed by atoms with E-state index in [-0.39, 0.29) is 0 Å². The summed E-state index contributed by atoms with van der Waals surface area (Å²) in [5.41, 5.74) is 10.9. The predicted octanol–water partition coefficient (Wildman–Crippen LogP) is 3.65. The van der Waals surface area contributed by atoms with Crippen LogP contribution in [0.1, 0.15) is 23.5 Å². The molecule has 1 aliphatic heterocycles. The summed E-state index contributed by atoms with van der Waals surface area (Å²) in [7, 11) is 0. The number of anilines is 1. The summed E-state index contributed by atoms with van der Waals surface area (Å²) in [6.07, 6.45) is 1.05. The van der Waals surface area contributed by atoms with E-state index < -0.39 is 0 Å². The van der Waals surface area contributed by atoms with Crippen LogP contribution in [0.25, 0.3) is 5.57 Å². The molecule has 0 saturated carbocycles. The van der Waals surface area contributed by atoms with Gasteiger partial charge in [-0.2, -0.15) is 0 Å². The van der Waals surface area contributed by atoms with Crippen LogP contribution in [0.15, 0.2) is 61.2 Å². The Labute approximate surface area is 126 Å². The predicted molar refractivity (Wildman–Crippen MR) is 90.5 cm³/mol. The fourth-order valence-corrected chi connectivity index (χ4v) is 3.18. The van der Waals surface area contributed by atoms with Gasteiger partial charge in [0.2, 0.25) is 0 Å². The first-order chi connectivity index (χ1) is 10.3. The molecule has 0 saturated heterocycles. The molecule has 1 unspecified atom stereocenters. The van der Waals surface area contributed by atoms with Crippen LogP contribution in [0, 0.1) is 0 Å². The van der Waals surface area contributed by atoms with E-state index in [1.807, 2.05) is 6.07 Å². The molecule has 2 nitrogen and oxygen atoms in total. The highest BCUT2D eigenvalue weighted by Crippen LogP contribution is 2.38. The fourth-order valence-electron chi connectivity index (χ4n) is 3.18. The lowest BCUT2D eigenvalue weighted by Gasteiger charge is -2.21. The Kier molecular flexibility index (Phi) is 4.07. The standard InChI is InChI=1S/C19H22N2/c1-15(16-7-3-2-4-8-16)13-21-14-17(11-12-20)18-9-5-6-10-19(18)21/h2-10,17H,1,11-14,20H2. The van der Waals surface area contributed by atoms with E-state index >= 15 is 0 Å². The Balaban J connectivity index is 1.79. The summed E-state index contributed by atoms with van der Waals surface area (Å²) < 4.78 is 0. The van der Waals surface area contributed by atoms with Gasteiger partial charge in [0.25, 0.3) is 0 Å². The highest BCUT2D eigenvalue weighted by molar-refractivity contribution is 5.71. The number of para-hydroxylation sites is 1. The lowest BCUT2D eigenvalue weighted by molar-refractivity contribution is 0.656. The lowest BCUT2D eigenvalue weighted by Crippen LogP contribution is -2.24. The molecule has 2 aromatic rings. The van der Waals surface area contributed by atoms with Crippen LogP contribution in [-0.4, -0.2) is 19.6 Å².